The summed E-state index contributed by atoms with van der Waals surface area (Å²) in [5.41, 5.74) is 0.586. The number of hydrogen-bond donors (Lipinski definition) is 3. The zero-order valence-corrected chi connectivity index (χ0v) is 11.7. The van der Waals surface area contributed by atoms with Gasteiger partial charge in [-0.3, -0.25) is 4.79 Å². The topological polar surface area (TPSA) is 96.9 Å². The van der Waals surface area contributed by atoms with Crippen LogP contribution in [0.5, 0.6) is 11.5 Å². The molecule has 114 valence electrons. The second kappa shape index (κ2) is 6.83. The van der Waals surface area contributed by atoms with E-state index in [9.17, 15) is 9.59 Å². The van der Waals surface area contributed by atoms with Gasteiger partial charge < -0.3 is 25.2 Å². The molecule has 1 atom stereocenters. The maximum Gasteiger partial charge on any atom is 0.319 e. The Kier molecular flexibility index (Phi) is 4.86. The van der Waals surface area contributed by atoms with Crippen molar-refractivity contribution in [2.24, 2.45) is 5.92 Å². The molecule has 0 spiro atoms. The van der Waals surface area contributed by atoms with Crippen molar-refractivity contribution in [3.05, 3.63) is 18.2 Å². The van der Waals surface area contributed by atoms with Crippen LogP contribution >= 0.6 is 0 Å². The van der Waals surface area contributed by atoms with Crippen LogP contribution in [0.3, 0.4) is 0 Å². The first kappa shape index (κ1) is 15.0. The molecular weight excluding hydrogens is 276 g/mol. The van der Waals surface area contributed by atoms with Crippen LogP contribution in [0.25, 0.3) is 0 Å². The Morgan fingerprint density at radius 2 is 2.00 bits per heavy atom. The molecule has 2 amide bonds. The molecule has 0 aromatic heterocycles. The summed E-state index contributed by atoms with van der Waals surface area (Å²) < 4.78 is 10.8. The van der Waals surface area contributed by atoms with E-state index >= 15 is 0 Å². The molecule has 0 bridgehead atoms. The second-order valence-corrected chi connectivity index (χ2v) is 4.90. The van der Waals surface area contributed by atoms with Gasteiger partial charge in [0.2, 0.25) is 0 Å². The van der Waals surface area contributed by atoms with Crippen LogP contribution < -0.4 is 20.1 Å². The van der Waals surface area contributed by atoms with Gasteiger partial charge in [-0.2, -0.15) is 0 Å². The molecule has 1 unspecified atom stereocenters. The SMILES string of the molecule is CC(CNC(=O)Nc1ccc2c(c1)OCCO2)CC(=O)O. The summed E-state index contributed by atoms with van der Waals surface area (Å²) in [6, 6.07) is 4.75. The molecule has 1 aliphatic heterocycles. The minimum absolute atomic E-state index is 0.0182. The number of ether oxygens (including phenoxy) is 2. The van der Waals surface area contributed by atoms with Crippen LogP contribution in [-0.2, 0) is 4.79 Å². The van der Waals surface area contributed by atoms with Crippen molar-refractivity contribution >= 4 is 17.7 Å². The highest BCUT2D eigenvalue weighted by Crippen LogP contribution is 2.32. The van der Waals surface area contributed by atoms with Gasteiger partial charge in [-0.05, 0) is 18.1 Å². The molecule has 3 N–H and O–H groups in total. The number of carboxylic acids is 1. The number of fused-ring (bicyclic) bond motifs is 1. The van der Waals surface area contributed by atoms with E-state index in [1.807, 2.05) is 0 Å². The number of carboxylic acid groups (broad SMARTS) is 1. The zero-order valence-electron chi connectivity index (χ0n) is 11.7. The first-order chi connectivity index (χ1) is 10.0. The first-order valence-corrected chi connectivity index (χ1v) is 6.71. The van der Waals surface area contributed by atoms with Gasteiger partial charge in [-0.25, -0.2) is 4.79 Å². The molecule has 0 aliphatic carbocycles. The highest BCUT2D eigenvalue weighted by atomic mass is 16.6. The van der Waals surface area contributed by atoms with Crippen LogP contribution in [0.1, 0.15) is 13.3 Å². The highest BCUT2D eigenvalue weighted by Gasteiger charge is 2.13. The Morgan fingerprint density at radius 3 is 2.71 bits per heavy atom. The molecule has 0 fully saturated rings. The molecule has 0 radical (unpaired) electrons. The van der Waals surface area contributed by atoms with Crippen LogP contribution in [0, 0.1) is 5.92 Å². The van der Waals surface area contributed by atoms with E-state index in [0.717, 1.165) is 0 Å². The summed E-state index contributed by atoms with van der Waals surface area (Å²) in [6.07, 6.45) is 0.0182. The van der Waals surface area contributed by atoms with Crippen molar-refractivity contribution in [3.63, 3.8) is 0 Å². The monoisotopic (exact) mass is 294 g/mol. The molecule has 1 aromatic rings. The van der Waals surface area contributed by atoms with E-state index in [4.69, 9.17) is 14.6 Å². The van der Waals surface area contributed by atoms with Gasteiger partial charge in [0.15, 0.2) is 11.5 Å². The van der Waals surface area contributed by atoms with Crippen molar-refractivity contribution in [3.8, 4) is 11.5 Å². The fourth-order valence-electron chi connectivity index (χ4n) is 1.93. The third-order valence-corrected chi connectivity index (χ3v) is 2.93. The minimum Gasteiger partial charge on any atom is -0.486 e. The lowest BCUT2D eigenvalue weighted by atomic mass is 10.1. The maximum absolute atomic E-state index is 11.7. The molecule has 7 heteroatoms. The van der Waals surface area contributed by atoms with Gasteiger partial charge in [0.1, 0.15) is 13.2 Å². The Hall–Kier alpha value is -2.44. The Morgan fingerprint density at radius 1 is 1.29 bits per heavy atom. The number of rotatable bonds is 5. The Labute approximate surface area is 122 Å². The van der Waals surface area contributed by atoms with Crippen LogP contribution in [-0.4, -0.2) is 36.9 Å². The van der Waals surface area contributed by atoms with E-state index in [-0.39, 0.29) is 18.4 Å². The summed E-state index contributed by atoms with van der Waals surface area (Å²) in [6.45, 7) is 3.05. The van der Waals surface area contributed by atoms with Gasteiger partial charge in [-0.1, -0.05) is 6.92 Å². The minimum atomic E-state index is -0.878. The number of carbonyl (C=O) groups excluding carboxylic acids is 1. The van der Waals surface area contributed by atoms with Crippen molar-refractivity contribution in [2.75, 3.05) is 25.1 Å². The van der Waals surface area contributed by atoms with Crippen molar-refractivity contribution in [1.82, 2.24) is 5.32 Å². The molecule has 2 rings (SSSR count). The van der Waals surface area contributed by atoms with Crippen molar-refractivity contribution < 1.29 is 24.2 Å². The molecule has 1 aliphatic rings. The normalized spacial score (nSPS) is 14.1. The van der Waals surface area contributed by atoms with Gasteiger partial charge in [-0.15, -0.1) is 0 Å². The first-order valence-electron chi connectivity index (χ1n) is 6.71. The van der Waals surface area contributed by atoms with Crippen molar-refractivity contribution in [1.29, 1.82) is 0 Å². The molecule has 0 saturated carbocycles. The summed E-state index contributed by atoms with van der Waals surface area (Å²) in [5.74, 6) is 0.241. The molecule has 1 heterocycles. The predicted octanol–water partition coefficient (Wildman–Crippen LogP) is 1.69. The van der Waals surface area contributed by atoms with E-state index < -0.39 is 5.97 Å². The van der Waals surface area contributed by atoms with E-state index in [2.05, 4.69) is 10.6 Å². The number of aliphatic carboxylic acids is 1. The molecule has 0 saturated heterocycles. The third kappa shape index (κ3) is 4.55. The molecule has 1 aromatic carbocycles. The summed E-state index contributed by atoms with van der Waals surface area (Å²) in [5, 5.41) is 13.9. The standard InChI is InChI=1S/C14H18N2O5/c1-9(6-13(17)18)8-15-14(19)16-10-2-3-11-12(7-10)21-5-4-20-11/h2-3,7,9H,4-6,8H2,1H3,(H,17,18)(H2,15,16,19). The number of anilines is 1. The fraction of sp³-hybridized carbons (Fsp3) is 0.429. The van der Waals surface area contributed by atoms with E-state index in [1.54, 1.807) is 25.1 Å². The zero-order chi connectivity index (χ0) is 15.2. The number of urea groups is 1. The van der Waals surface area contributed by atoms with E-state index in [0.29, 0.717) is 36.9 Å². The molecular formula is C14H18N2O5. The van der Waals surface area contributed by atoms with Gasteiger partial charge in [0.05, 0.1) is 0 Å². The lowest BCUT2D eigenvalue weighted by Gasteiger charge is -2.19. The number of amides is 2. The summed E-state index contributed by atoms with van der Waals surface area (Å²) >= 11 is 0. The summed E-state index contributed by atoms with van der Waals surface area (Å²) in [7, 11) is 0. The fourth-order valence-corrected chi connectivity index (χ4v) is 1.93. The Balaban J connectivity index is 1.84. The number of nitrogens with one attached hydrogen (secondary N) is 2. The van der Waals surface area contributed by atoms with Crippen LogP contribution in [0.2, 0.25) is 0 Å². The van der Waals surface area contributed by atoms with E-state index in [1.165, 1.54) is 0 Å². The number of benzene rings is 1. The third-order valence-electron chi connectivity index (χ3n) is 2.93. The number of hydrogen-bond acceptors (Lipinski definition) is 4. The highest BCUT2D eigenvalue weighted by molar-refractivity contribution is 5.89. The van der Waals surface area contributed by atoms with Gasteiger partial charge >= 0.3 is 12.0 Å². The van der Waals surface area contributed by atoms with Crippen LogP contribution in [0.4, 0.5) is 10.5 Å². The largest absolute Gasteiger partial charge is 0.486 e. The lowest BCUT2D eigenvalue weighted by Crippen LogP contribution is -2.33. The summed E-state index contributed by atoms with van der Waals surface area (Å²) in [4.78, 5) is 22.3. The van der Waals surface area contributed by atoms with Crippen LogP contribution in [0.15, 0.2) is 18.2 Å². The second-order valence-electron chi connectivity index (χ2n) is 4.90. The lowest BCUT2D eigenvalue weighted by molar-refractivity contribution is -0.137. The van der Waals surface area contributed by atoms with Crippen molar-refractivity contribution in [2.45, 2.75) is 13.3 Å². The molecule has 7 nitrogen and oxygen atoms in total. The molecule has 21 heavy (non-hydrogen) atoms. The Bertz CT molecular complexity index is 532. The maximum atomic E-state index is 11.7. The van der Waals surface area contributed by atoms with Gasteiger partial charge in [0.25, 0.3) is 0 Å². The predicted molar refractivity (Wildman–Crippen MR) is 75.9 cm³/mol. The average molecular weight is 294 g/mol. The smallest absolute Gasteiger partial charge is 0.319 e. The average Bonchev–Trinajstić information content (AvgIpc) is 2.44. The number of carbonyl (C=O) groups is 2. The quantitative estimate of drug-likeness (QED) is 0.768. The van der Waals surface area contributed by atoms with Gasteiger partial charge in [0, 0.05) is 24.7 Å².